The van der Waals surface area contributed by atoms with Crippen molar-refractivity contribution >= 4 is 5.82 Å². The molecule has 132 valence electrons. The summed E-state index contributed by atoms with van der Waals surface area (Å²) in [7, 11) is 0. The maximum atomic E-state index is 10.4. The molecular weight excluding hydrogens is 328 g/mol. The summed E-state index contributed by atoms with van der Waals surface area (Å²) in [4.78, 5) is 2.31. The molecule has 0 saturated carbocycles. The van der Waals surface area contributed by atoms with Crippen molar-refractivity contribution in [1.29, 1.82) is 0 Å². The zero-order chi connectivity index (χ0) is 17.5. The third kappa shape index (κ3) is 2.61. The van der Waals surface area contributed by atoms with Gasteiger partial charge in [-0.15, -0.1) is 10.2 Å². The van der Waals surface area contributed by atoms with Gasteiger partial charge in [-0.3, -0.25) is 5.10 Å². The third-order valence-corrected chi connectivity index (χ3v) is 5.47. The number of rotatable bonds is 3. The predicted molar refractivity (Wildman–Crippen MR) is 98.8 cm³/mol. The Labute approximate surface area is 151 Å². The molecule has 0 amide bonds. The maximum Gasteiger partial charge on any atom is 0.151 e. The van der Waals surface area contributed by atoms with Crippen LogP contribution in [-0.2, 0) is 0 Å². The zero-order valence-electron chi connectivity index (χ0n) is 14.3. The monoisotopic (exact) mass is 348 g/mol. The fourth-order valence-corrected chi connectivity index (χ4v) is 4.02. The van der Waals surface area contributed by atoms with Crippen LogP contribution in [-0.4, -0.2) is 51.7 Å². The molecule has 3 N–H and O–H groups in total. The van der Waals surface area contributed by atoms with Gasteiger partial charge in [-0.25, -0.2) is 0 Å². The molecule has 5 rings (SSSR count). The van der Waals surface area contributed by atoms with E-state index in [1.165, 1.54) is 0 Å². The number of hydrogen-bond acceptors (Lipinski definition) is 6. The minimum Gasteiger partial charge on any atom is -0.507 e. The zero-order valence-corrected chi connectivity index (χ0v) is 14.3. The number of phenolic OH excluding ortho intramolecular Hbond substituents is 1. The molecule has 2 fully saturated rings. The van der Waals surface area contributed by atoms with Crippen LogP contribution in [0.1, 0.15) is 0 Å². The molecule has 26 heavy (non-hydrogen) atoms. The van der Waals surface area contributed by atoms with E-state index < -0.39 is 0 Å². The van der Waals surface area contributed by atoms with Gasteiger partial charge in [-0.05, 0) is 41.7 Å². The van der Waals surface area contributed by atoms with E-state index in [0.717, 1.165) is 55.0 Å². The number of fused-ring (bicyclic) bond motifs is 1. The number of benzene rings is 1. The summed E-state index contributed by atoms with van der Waals surface area (Å²) in [5, 5.41) is 29.3. The van der Waals surface area contributed by atoms with Gasteiger partial charge in [0, 0.05) is 43.5 Å². The van der Waals surface area contributed by atoms with Gasteiger partial charge in [0.2, 0.25) is 0 Å². The van der Waals surface area contributed by atoms with Crippen LogP contribution in [0.15, 0.2) is 42.7 Å². The predicted octanol–water partition coefficient (Wildman–Crippen LogP) is 1.89. The smallest absolute Gasteiger partial charge is 0.151 e. The first-order valence-corrected chi connectivity index (χ1v) is 8.90. The molecular formula is C19H20N6O. The van der Waals surface area contributed by atoms with Crippen molar-refractivity contribution in [2.24, 2.45) is 11.8 Å². The Morgan fingerprint density at radius 1 is 1.00 bits per heavy atom. The van der Waals surface area contributed by atoms with E-state index in [1.54, 1.807) is 18.5 Å². The standard InChI is InChI=1S/C19H20N6O/c26-18-5-12(13-8-21-22-9-13)1-2-16(18)17-3-4-19(24-23-17)25-10-14-6-20-7-15(14)11-25/h1-5,8-9,14-15,20,26H,6-7,10-11H2,(H,21,22)/t14-,15?/m0/s1. The summed E-state index contributed by atoms with van der Waals surface area (Å²) >= 11 is 0. The highest BCUT2D eigenvalue weighted by Gasteiger charge is 2.36. The number of aromatic amines is 1. The molecule has 2 atom stereocenters. The summed E-state index contributed by atoms with van der Waals surface area (Å²) in [6, 6.07) is 9.48. The molecule has 0 radical (unpaired) electrons. The van der Waals surface area contributed by atoms with E-state index >= 15 is 0 Å². The lowest BCUT2D eigenvalue weighted by Gasteiger charge is -2.18. The molecule has 1 unspecified atom stereocenters. The second kappa shape index (κ2) is 6.10. The summed E-state index contributed by atoms with van der Waals surface area (Å²) < 4.78 is 0. The van der Waals surface area contributed by atoms with Crippen molar-refractivity contribution in [2.75, 3.05) is 31.1 Å². The SMILES string of the molecule is Oc1cc(-c2cn[nH]c2)ccc1-c1ccc(N2CC3CNC[C@H]3C2)nn1. The quantitative estimate of drug-likeness (QED) is 0.670. The van der Waals surface area contributed by atoms with Gasteiger partial charge in [-0.1, -0.05) is 6.07 Å². The Balaban J connectivity index is 1.37. The number of nitrogens with one attached hydrogen (secondary N) is 2. The van der Waals surface area contributed by atoms with Gasteiger partial charge in [0.15, 0.2) is 5.82 Å². The van der Waals surface area contributed by atoms with Crippen LogP contribution >= 0.6 is 0 Å². The lowest BCUT2D eigenvalue weighted by molar-refractivity contribution is 0.477. The van der Waals surface area contributed by atoms with Crippen molar-refractivity contribution < 1.29 is 5.11 Å². The Morgan fingerprint density at radius 3 is 2.50 bits per heavy atom. The normalized spacial score (nSPS) is 21.9. The van der Waals surface area contributed by atoms with Crippen molar-refractivity contribution in [3.63, 3.8) is 0 Å². The molecule has 2 aliphatic rings. The highest BCUT2D eigenvalue weighted by molar-refractivity contribution is 5.73. The number of H-pyrrole nitrogens is 1. The second-order valence-electron chi connectivity index (χ2n) is 7.08. The number of aromatic hydroxyl groups is 1. The number of anilines is 1. The van der Waals surface area contributed by atoms with Crippen LogP contribution in [0.5, 0.6) is 5.75 Å². The molecule has 1 aromatic carbocycles. The highest BCUT2D eigenvalue weighted by Crippen LogP contribution is 2.33. The van der Waals surface area contributed by atoms with Gasteiger partial charge in [-0.2, -0.15) is 5.10 Å². The third-order valence-electron chi connectivity index (χ3n) is 5.47. The van der Waals surface area contributed by atoms with Crippen LogP contribution in [0.4, 0.5) is 5.82 Å². The maximum absolute atomic E-state index is 10.4. The van der Waals surface area contributed by atoms with Gasteiger partial charge in [0.25, 0.3) is 0 Å². The molecule has 2 aromatic heterocycles. The highest BCUT2D eigenvalue weighted by atomic mass is 16.3. The van der Waals surface area contributed by atoms with E-state index in [0.29, 0.717) is 11.3 Å². The van der Waals surface area contributed by atoms with E-state index in [1.807, 2.05) is 24.3 Å². The number of aromatic nitrogens is 4. The summed E-state index contributed by atoms with van der Waals surface area (Å²) in [6.07, 6.45) is 3.52. The molecule has 2 aliphatic heterocycles. The fourth-order valence-electron chi connectivity index (χ4n) is 4.02. The molecule has 0 aliphatic carbocycles. The molecule has 7 nitrogen and oxygen atoms in total. The first-order chi connectivity index (χ1) is 12.8. The molecule has 0 bridgehead atoms. The topological polar surface area (TPSA) is 90.0 Å². The van der Waals surface area contributed by atoms with E-state index in [4.69, 9.17) is 0 Å². The number of nitrogens with zero attached hydrogens (tertiary/aromatic N) is 4. The van der Waals surface area contributed by atoms with Crippen LogP contribution in [0.3, 0.4) is 0 Å². The number of phenols is 1. The molecule has 2 saturated heterocycles. The molecule has 0 spiro atoms. The van der Waals surface area contributed by atoms with Crippen LogP contribution in [0, 0.1) is 11.8 Å². The molecule has 7 heteroatoms. The van der Waals surface area contributed by atoms with Crippen molar-refractivity contribution in [2.45, 2.75) is 0 Å². The fraction of sp³-hybridized carbons (Fsp3) is 0.316. The van der Waals surface area contributed by atoms with Crippen LogP contribution < -0.4 is 10.2 Å². The summed E-state index contributed by atoms with van der Waals surface area (Å²) in [6.45, 7) is 4.28. The van der Waals surface area contributed by atoms with E-state index in [9.17, 15) is 5.11 Å². The van der Waals surface area contributed by atoms with Gasteiger partial charge < -0.3 is 15.3 Å². The number of hydrogen-bond donors (Lipinski definition) is 3. The van der Waals surface area contributed by atoms with Gasteiger partial charge >= 0.3 is 0 Å². The average molecular weight is 348 g/mol. The summed E-state index contributed by atoms with van der Waals surface area (Å²) in [5.74, 6) is 2.54. The Kier molecular flexibility index (Phi) is 3.60. The average Bonchev–Trinajstić information content (AvgIpc) is 3.39. The largest absolute Gasteiger partial charge is 0.507 e. The Bertz CT molecular complexity index is 896. The lowest BCUT2D eigenvalue weighted by atomic mass is 10.0. The van der Waals surface area contributed by atoms with Crippen LogP contribution in [0.2, 0.25) is 0 Å². The van der Waals surface area contributed by atoms with Gasteiger partial charge in [0.05, 0.1) is 11.9 Å². The Morgan fingerprint density at radius 2 is 1.85 bits per heavy atom. The minimum atomic E-state index is 0.188. The second-order valence-corrected chi connectivity index (χ2v) is 7.08. The van der Waals surface area contributed by atoms with Crippen LogP contribution in [0.25, 0.3) is 22.4 Å². The molecule has 4 heterocycles. The first-order valence-electron chi connectivity index (χ1n) is 8.90. The van der Waals surface area contributed by atoms with Crippen molar-refractivity contribution in [1.82, 2.24) is 25.7 Å². The van der Waals surface area contributed by atoms with E-state index in [-0.39, 0.29) is 5.75 Å². The lowest BCUT2D eigenvalue weighted by Crippen LogP contribution is -2.26. The van der Waals surface area contributed by atoms with Gasteiger partial charge in [0.1, 0.15) is 5.75 Å². The first kappa shape index (κ1) is 15.3. The molecule has 3 aromatic rings. The minimum absolute atomic E-state index is 0.188. The van der Waals surface area contributed by atoms with Crippen molar-refractivity contribution in [3.8, 4) is 28.1 Å². The summed E-state index contributed by atoms with van der Waals surface area (Å²) in [5.41, 5.74) is 3.19. The Hall–Kier alpha value is -2.93. The van der Waals surface area contributed by atoms with E-state index in [2.05, 4.69) is 30.6 Å². The van der Waals surface area contributed by atoms with Crippen molar-refractivity contribution in [3.05, 3.63) is 42.7 Å².